The van der Waals surface area contributed by atoms with Crippen LogP contribution in [0.15, 0.2) is 12.4 Å². The van der Waals surface area contributed by atoms with E-state index in [4.69, 9.17) is 0 Å². The van der Waals surface area contributed by atoms with E-state index in [0.717, 1.165) is 48.6 Å². The maximum atomic E-state index is 12.2. The standard InChI is InChI=1S/C16H24N6O/c1-11-15(12(2)20-19-11)4-5-16(23)18-13-6-7-22(9-13)14-8-17-21(3)10-14/h8,10,13H,4-7,9H2,1-3H3,(H,18,23)(H,19,20). The van der Waals surface area contributed by atoms with Crippen molar-refractivity contribution in [3.8, 4) is 0 Å². The summed E-state index contributed by atoms with van der Waals surface area (Å²) in [4.78, 5) is 14.5. The first-order chi connectivity index (χ1) is 11.0. The lowest BCUT2D eigenvalue weighted by Gasteiger charge is -2.16. The topological polar surface area (TPSA) is 78.8 Å². The predicted molar refractivity (Wildman–Crippen MR) is 88.4 cm³/mol. The van der Waals surface area contributed by atoms with Gasteiger partial charge >= 0.3 is 0 Å². The van der Waals surface area contributed by atoms with Gasteiger partial charge in [-0.1, -0.05) is 0 Å². The molecule has 7 heteroatoms. The molecule has 0 aliphatic carbocycles. The number of nitrogens with one attached hydrogen (secondary N) is 2. The fourth-order valence-electron chi connectivity index (χ4n) is 3.16. The predicted octanol–water partition coefficient (Wildman–Crippen LogP) is 1.09. The maximum Gasteiger partial charge on any atom is 0.220 e. The van der Waals surface area contributed by atoms with Crippen molar-refractivity contribution in [2.45, 2.75) is 39.2 Å². The van der Waals surface area contributed by atoms with Gasteiger partial charge in [-0.05, 0) is 32.3 Å². The first-order valence-electron chi connectivity index (χ1n) is 8.06. The normalized spacial score (nSPS) is 17.7. The fourth-order valence-corrected chi connectivity index (χ4v) is 3.16. The molecule has 7 nitrogen and oxygen atoms in total. The first kappa shape index (κ1) is 15.6. The zero-order chi connectivity index (χ0) is 16.4. The van der Waals surface area contributed by atoms with Crippen LogP contribution >= 0.6 is 0 Å². The molecule has 3 rings (SSSR count). The number of nitrogens with zero attached hydrogens (tertiary/aromatic N) is 4. The van der Waals surface area contributed by atoms with E-state index in [2.05, 4.69) is 25.5 Å². The molecule has 0 aromatic carbocycles. The van der Waals surface area contributed by atoms with Gasteiger partial charge in [0, 0.05) is 44.5 Å². The summed E-state index contributed by atoms with van der Waals surface area (Å²) in [5.74, 6) is 0.114. The molecule has 3 heterocycles. The molecule has 1 atom stereocenters. The van der Waals surface area contributed by atoms with E-state index in [9.17, 15) is 4.79 Å². The lowest BCUT2D eigenvalue weighted by atomic mass is 10.1. The van der Waals surface area contributed by atoms with Gasteiger partial charge in [0.1, 0.15) is 0 Å². The molecule has 0 spiro atoms. The van der Waals surface area contributed by atoms with Gasteiger partial charge in [-0.15, -0.1) is 0 Å². The third-order valence-corrected chi connectivity index (χ3v) is 4.49. The molecule has 124 valence electrons. The van der Waals surface area contributed by atoms with Crippen LogP contribution in [0.1, 0.15) is 29.8 Å². The SMILES string of the molecule is Cc1n[nH]c(C)c1CCC(=O)NC1CCN(c2cnn(C)c2)C1. The van der Waals surface area contributed by atoms with Gasteiger partial charge in [0.05, 0.1) is 17.6 Å². The van der Waals surface area contributed by atoms with Crippen LogP contribution < -0.4 is 10.2 Å². The van der Waals surface area contributed by atoms with Crippen molar-refractivity contribution in [2.75, 3.05) is 18.0 Å². The number of hydrogen-bond donors (Lipinski definition) is 2. The highest BCUT2D eigenvalue weighted by Gasteiger charge is 2.24. The summed E-state index contributed by atoms with van der Waals surface area (Å²) in [6, 6.07) is 0.217. The molecular formula is C16H24N6O. The Labute approximate surface area is 136 Å². The van der Waals surface area contributed by atoms with Crippen molar-refractivity contribution >= 4 is 11.6 Å². The summed E-state index contributed by atoms with van der Waals surface area (Å²) >= 11 is 0. The Kier molecular flexibility index (Phi) is 4.36. The lowest BCUT2D eigenvalue weighted by molar-refractivity contribution is -0.121. The Hall–Kier alpha value is -2.31. The molecule has 23 heavy (non-hydrogen) atoms. The second kappa shape index (κ2) is 6.44. The summed E-state index contributed by atoms with van der Waals surface area (Å²) in [5.41, 5.74) is 4.32. The molecule has 1 unspecified atom stereocenters. The van der Waals surface area contributed by atoms with Crippen LogP contribution in [0.2, 0.25) is 0 Å². The number of carbonyl (C=O) groups is 1. The van der Waals surface area contributed by atoms with E-state index in [1.54, 1.807) is 4.68 Å². The highest BCUT2D eigenvalue weighted by atomic mass is 16.1. The van der Waals surface area contributed by atoms with Gasteiger partial charge in [-0.3, -0.25) is 14.6 Å². The van der Waals surface area contributed by atoms with Crippen molar-refractivity contribution in [1.29, 1.82) is 0 Å². The van der Waals surface area contributed by atoms with Gasteiger partial charge in [0.15, 0.2) is 0 Å². The van der Waals surface area contributed by atoms with Crippen molar-refractivity contribution < 1.29 is 4.79 Å². The quantitative estimate of drug-likeness (QED) is 0.865. The van der Waals surface area contributed by atoms with Crippen molar-refractivity contribution in [3.63, 3.8) is 0 Å². The average Bonchev–Trinajstić information content (AvgIpc) is 3.20. The van der Waals surface area contributed by atoms with Crippen LogP contribution in [0.25, 0.3) is 0 Å². The van der Waals surface area contributed by atoms with Crippen LogP contribution in [0.5, 0.6) is 0 Å². The Bertz CT molecular complexity index is 669. The summed E-state index contributed by atoms with van der Waals surface area (Å²) < 4.78 is 1.80. The molecule has 1 fully saturated rings. The largest absolute Gasteiger partial charge is 0.367 e. The van der Waals surface area contributed by atoms with Gasteiger partial charge in [-0.2, -0.15) is 10.2 Å². The number of hydrogen-bond acceptors (Lipinski definition) is 4. The second-order valence-electron chi connectivity index (χ2n) is 6.28. The Morgan fingerprint density at radius 2 is 2.30 bits per heavy atom. The number of anilines is 1. The number of aromatic amines is 1. The highest BCUT2D eigenvalue weighted by Crippen LogP contribution is 2.19. The number of carbonyl (C=O) groups excluding carboxylic acids is 1. The van der Waals surface area contributed by atoms with Crippen molar-refractivity contribution in [2.24, 2.45) is 7.05 Å². The highest BCUT2D eigenvalue weighted by molar-refractivity contribution is 5.76. The minimum atomic E-state index is 0.114. The fraction of sp³-hybridized carbons (Fsp3) is 0.562. The number of aryl methyl sites for hydroxylation is 3. The van der Waals surface area contributed by atoms with Crippen LogP contribution in [0.3, 0.4) is 0 Å². The van der Waals surface area contributed by atoms with E-state index < -0.39 is 0 Å². The van der Waals surface area contributed by atoms with E-state index in [0.29, 0.717) is 6.42 Å². The van der Waals surface area contributed by atoms with Gasteiger partial charge in [-0.25, -0.2) is 0 Å². The summed E-state index contributed by atoms with van der Waals surface area (Å²) in [7, 11) is 1.92. The van der Waals surface area contributed by atoms with E-state index in [1.807, 2.05) is 33.3 Å². The molecule has 0 bridgehead atoms. The molecule has 2 N–H and O–H groups in total. The second-order valence-corrected chi connectivity index (χ2v) is 6.28. The minimum Gasteiger partial charge on any atom is -0.367 e. The lowest BCUT2D eigenvalue weighted by Crippen LogP contribution is -2.37. The first-order valence-corrected chi connectivity index (χ1v) is 8.06. The molecule has 0 radical (unpaired) electrons. The molecule has 2 aromatic heterocycles. The van der Waals surface area contributed by atoms with E-state index in [1.165, 1.54) is 0 Å². The zero-order valence-corrected chi connectivity index (χ0v) is 14.0. The average molecular weight is 316 g/mol. The van der Waals surface area contributed by atoms with Gasteiger partial charge < -0.3 is 10.2 Å². The van der Waals surface area contributed by atoms with Crippen LogP contribution in [0, 0.1) is 13.8 Å². The molecule has 1 aliphatic rings. The number of rotatable bonds is 5. The third kappa shape index (κ3) is 3.55. The van der Waals surface area contributed by atoms with Crippen molar-refractivity contribution in [1.82, 2.24) is 25.3 Å². The summed E-state index contributed by atoms with van der Waals surface area (Å²) in [5, 5.41) is 14.5. The minimum absolute atomic E-state index is 0.114. The molecule has 1 saturated heterocycles. The Balaban J connectivity index is 1.47. The van der Waals surface area contributed by atoms with Crippen LogP contribution in [0.4, 0.5) is 5.69 Å². The van der Waals surface area contributed by atoms with E-state index >= 15 is 0 Å². The number of H-pyrrole nitrogens is 1. The number of amides is 1. The Morgan fingerprint density at radius 1 is 1.48 bits per heavy atom. The smallest absolute Gasteiger partial charge is 0.220 e. The molecule has 2 aromatic rings. The van der Waals surface area contributed by atoms with Gasteiger partial charge in [0.2, 0.25) is 5.91 Å². The van der Waals surface area contributed by atoms with Gasteiger partial charge in [0.25, 0.3) is 0 Å². The van der Waals surface area contributed by atoms with E-state index in [-0.39, 0.29) is 11.9 Å². The molecular weight excluding hydrogens is 292 g/mol. The molecule has 1 amide bonds. The molecule has 0 saturated carbocycles. The van der Waals surface area contributed by atoms with Crippen LogP contribution in [-0.4, -0.2) is 45.0 Å². The summed E-state index contributed by atoms with van der Waals surface area (Å²) in [6.07, 6.45) is 6.09. The Morgan fingerprint density at radius 3 is 2.96 bits per heavy atom. The van der Waals surface area contributed by atoms with Crippen LogP contribution in [-0.2, 0) is 18.3 Å². The summed E-state index contributed by atoms with van der Waals surface area (Å²) in [6.45, 7) is 5.77. The third-order valence-electron chi connectivity index (χ3n) is 4.49. The maximum absolute atomic E-state index is 12.2. The zero-order valence-electron chi connectivity index (χ0n) is 14.0. The monoisotopic (exact) mass is 316 g/mol. The molecule has 1 aliphatic heterocycles. The number of aromatic nitrogens is 4. The van der Waals surface area contributed by atoms with Crippen molar-refractivity contribution in [3.05, 3.63) is 29.3 Å².